The highest BCUT2D eigenvalue weighted by Gasteiger charge is 2.27. The Morgan fingerprint density at radius 1 is 0.867 bits per heavy atom. The summed E-state index contributed by atoms with van der Waals surface area (Å²) < 4.78 is 0. The Labute approximate surface area is 173 Å². The van der Waals surface area contributed by atoms with E-state index in [2.05, 4.69) is 10.6 Å². The first kappa shape index (κ1) is 19.3. The van der Waals surface area contributed by atoms with E-state index in [1.807, 2.05) is 43.3 Å². The second-order valence-electron chi connectivity index (χ2n) is 7.18. The Hall–Kier alpha value is -4.06. The third kappa shape index (κ3) is 3.75. The number of carbonyl (C=O) groups is 2. The molecule has 6 nitrogen and oxygen atoms in total. The maximum absolute atomic E-state index is 12.5. The van der Waals surface area contributed by atoms with E-state index in [9.17, 15) is 19.8 Å². The van der Waals surface area contributed by atoms with Gasteiger partial charge in [-0.05, 0) is 47.9 Å². The zero-order valence-corrected chi connectivity index (χ0v) is 16.3. The Kier molecular flexibility index (Phi) is 4.98. The second kappa shape index (κ2) is 7.75. The lowest BCUT2D eigenvalue weighted by atomic mass is 9.91. The lowest BCUT2D eigenvalue weighted by Gasteiger charge is -2.19. The third-order valence-corrected chi connectivity index (χ3v) is 4.97. The molecule has 1 heterocycles. The summed E-state index contributed by atoms with van der Waals surface area (Å²) in [6, 6.07) is 17.9. The monoisotopic (exact) mass is 400 g/mol. The van der Waals surface area contributed by atoms with Gasteiger partial charge in [0.05, 0.1) is 5.57 Å². The van der Waals surface area contributed by atoms with Crippen molar-refractivity contribution >= 4 is 17.4 Å². The highest BCUT2D eigenvalue weighted by atomic mass is 16.3. The number of aryl methyl sites for hydroxylation is 1. The Morgan fingerprint density at radius 2 is 1.67 bits per heavy atom. The zero-order valence-electron chi connectivity index (χ0n) is 16.3. The SMILES string of the molecule is Cc1cccc(-c2ccc3c(c2)C(=CNCc2ccc(O)c(O)c2)C(=O)NC3=O)c1. The Morgan fingerprint density at radius 3 is 2.43 bits per heavy atom. The minimum atomic E-state index is -0.477. The van der Waals surface area contributed by atoms with Crippen LogP contribution in [0.15, 0.2) is 66.9 Å². The highest BCUT2D eigenvalue weighted by molar-refractivity contribution is 6.31. The van der Waals surface area contributed by atoms with E-state index in [4.69, 9.17) is 0 Å². The van der Waals surface area contributed by atoms with Crippen molar-refractivity contribution in [3.8, 4) is 22.6 Å². The van der Waals surface area contributed by atoms with E-state index in [-0.39, 0.29) is 11.5 Å². The summed E-state index contributed by atoms with van der Waals surface area (Å²) in [4.78, 5) is 24.8. The van der Waals surface area contributed by atoms with Crippen molar-refractivity contribution in [1.82, 2.24) is 10.6 Å². The van der Waals surface area contributed by atoms with Crippen molar-refractivity contribution in [3.05, 3.63) is 89.1 Å². The number of aromatic hydroxyl groups is 2. The molecule has 4 N–H and O–H groups in total. The van der Waals surface area contributed by atoms with Gasteiger partial charge in [-0.2, -0.15) is 0 Å². The van der Waals surface area contributed by atoms with Crippen LogP contribution < -0.4 is 10.6 Å². The van der Waals surface area contributed by atoms with Crippen LogP contribution in [0, 0.1) is 6.92 Å². The van der Waals surface area contributed by atoms with Gasteiger partial charge < -0.3 is 15.5 Å². The van der Waals surface area contributed by atoms with E-state index >= 15 is 0 Å². The maximum Gasteiger partial charge on any atom is 0.260 e. The lowest BCUT2D eigenvalue weighted by molar-refractivity contribution is -0.114. The summed E-state index contributed by atoms with van der Waals surface area (Å²) in [7, 11) is 0. The van der Waals surface area contributed by atoms with E-state index < -0.39 is 11.8 Å². The molecule has 0 aliphatic carbocycles. The summed E-state index contributed by atoms with van der Waals surface area (Å²) in [6.07, 6.45) is 1.56. The van der Waals surface area contributed by atoms with Crippen molar-refractivity contribution < 1.29 is 19.8 Å². The first-order chi connectivity index (χ1) is 14.4. The van der Waals surface area contributed by atoms with Gasteiger partial charge in [-0.3, -0.25) is 14.9 Å². The minimum absolute atomic E-state index is 0.195. The number of imide groups is 1. The van der Waals surface area contributed by atoms with Crippen LogP contribution in [0.25, 0.3) is 16.7 Å². The summed E-state index contributed by atoms with van der Waals surface area (Å²) in [5.74, 6) is -1.31. The summed E-state index contributed by atoms with van der Waals surface area (Å²) in [5, 5.41) is 24.4. The predicted octanol–water partition coefficient (Wildman–Crippen LogP) is 3.47. The fourth-order valence-electron chi connectivity index (χ4n) is 3.42. The van der Waals surface area contributed by atoms with Gasteiger partial charge in [-0.25, -0.2) is 0 Å². The topological polar surface area (TPSA) is 98.7 Å². The molecule has 6 heteroatoms. The van der Waals surface area contributed by atoms with Crippen molar-refractivity contribution in [2.45, 2.75) is 13.5 Å². The van der Waals surface area contributed by atoms with E-state index in [0.717, 1.165) is 22.3 Å². The number of carbonyl (C=O) groups excluding carboxylic acids is 2. The van der Waals surface area contributed by atoms with Gasteiger partial charge in [-0.15, -0.1) is 0 Å². The van der Waals surface area contributed by atoms with Crippen LogP contribution in [-0.2, 0) is 11.3 Å². The van der Waals surface area contributed by atoms with Gasteiger partial charge in [-0.1, -0.05) is 42.0 Å². The van der Waals surface area contributed by atoms with Gasteiger partial charge in [0.15, 0.2) is 11.5 Å². The number of phenols is 2. The smallest absolute Gasteiger partial charge is 0.260 e. The number of nitrogens with one attached hydrogen (secondary N) is 2. The van der Waals surface area contributed by atoms with E-state index in [0.29, 0.717) is 23.2 Å². The summed E-state index contributed by atoms with van der Waals surface area (Å²) >= 11 is 0. The number of rotatable bonds is 4. The van der Waals surface area contributed by atoms with Crippen LogP contribution in [0.3, 0.4) is 0 Å². The van der Waals surface area contributed by atoms with Gasteiger partial charge >= 0.3 is 0 Å². The molecule has 0 spiro atoms. The number of hydrogen-bond acceptors (Lipinski definition) is 5. The third-order valence-electron chi connectivity index (χ3n) is 4.97. The van der Waals surface area contributed by atoms with Gasteiger partial charge in [0.25, 0.3) is 11.8 Å². The molecule has 0 saturated heterocycles. The molecular weight excluding hydrogens is 380 g/mol. The van der Waals surface area contributed by atoms with Crippen molar-refractivity contribution in [2.75, 3.05) is 0 Å². The van der Waals surface area contributed by atoms with Crippen LogP contribution in [0.4, 0.5) is 0 Å². The molecule has 2 amide bonds. The molecule has 150 valence electrons. The minimum Gasteiger partial charge on any atom is -0.504 e. The van der Waals surface area contributed by atoms with Crippen LogP contribution >= 0.6 is 0 Å². The van der Waals surface area contributed by atoms with Crippen LogP contribution in [0.2, 0.25) is 0 Å². The predicted molar refractivity (Wildman–Crippen MR) is 114 cm³/mol. The normalized spacial score (nSPS) is 14.4. The number of phenolic OH excluding ortho intramolecular Hbond substituents is 2. The van der Waals surface area contributed by atoms with E-state index in [1.165, 1.54) is 12.1 Å². The standard InChI is InChI=1S/C24H20N2O4/c1-14-3-2-4-16(9-14)17-6-7-18-19(11-17)20(24(30)26-23(18)29)13-25-12-15-5-8-21(27)22(28)10-15/h2-11,13,25,27-28H,12H2,1H3,(H,26,29,30). The first-order valence-electron chi connectivity index (χ1n) is 9.44. The molecule has 1 aliphatic rings. The largest absolute Gasteiger partial charge is 0.504 e. The second-order valence-corrected chi connectivity index (χ2v) is 7.18. The molecule has 0 unspecified atom stereocenters. The number of hydrogen-bond donors (Lipinski definition) is 4. The van der Waals surface area contributed by atoms with Crippen molar-refractivity contribution in [1.29, 1.82) is 0 Å². The molecule has 0 fully saturated rings. The summed E-state index contributed by atoms with van der Waals surface area (Å²) in [5.41, 5.74) is 5.10. The Bertz CT molecular complexity index is 1200. The fourth-order valence-corrected chi connectivity index (χ4v) is 3.42. The average Bonchev–Trinajstić information content (AvgIpc) is 2.72. The van der Waals surface area contributed by atoms with E-state index in [1.54, 1.807) is 18.3 Å². The average molecular weight is 400 g/mol. The van der Waals surface area contributed by atoms with Crippen LogP contribution in [0.5, 0.6) is 11.5 Å². The molecule has 3 aromatic rings. The van der Waals surface area contributed by atoms with Gasteiger partial charge in [0.1, 0.15) is 0 Å². The Balaban J connectivity index is 1.67. The molecule has 0 bridgehead atoms. The molecule has 30 heavy (non-hydrogen) atoms. The van der Waals surface area contributed by atoms with Crippen LogP contribution in [-0.4, -0.2) is 22.0 Å². The maximum atomic E-state index is 12.5. The lowest BCUT2D eigenvalue weighted by Crippen LogP contribution is -2.37. The summed E-state index contributed by atoms with van der Waals surface area (Å²) in [6.45, 7) is 2.33. The molecule has 0 saturated carbocycles. The zero-order chi connectivity index (χ0) is 21.3. The molecule has 3 aromatic carbocycles. The molecule has 0 aromatic heterocycles. The highest BCUT2D eigenvalue weighted by Crippen LogP contribution is 2.30. The molecular formula is C24H20N2O4. The van der Waals surface area contributed by atoms with Crippen LogP contribution in [0.1, 0.15) is 27.0 Å². The quantitative estimate of drug-likeness (QED) is 0.305. The van der Waals surface area contributed by atoms with Crippen molar-refractivity contribution in [3.63, 3.8) is 0 Å². The molecule has 0 atom stereocenters. The van der Waals surface area contributed by atoms with Crippen molar-refractivity contribution in [2.24, 2.45) is 0 Å². The number of benzene rings is 3. The molecule has 0 radical (unpaired) electrons. The number of amides is 2. The van der Waals surface area contributed by atoms with Gasteiger partial charge in [0, 0.05) is 23.9 Å². The molecule has 4 rings (SSSR count). The first-order valence-corrected chi connectivity index (χ1v) is 9.44. The number of fused-ring (bicyclic) bond motifs is 1. The van der Waals surface area contributed by atoms with Gasteiger partial charge in [0.2, 0.25) is 0 Å². The molecule has 1 aliphatic heterocycles. The fraction of sp³-hybridized carbons (Fsp3) is 0.0833.